The van der Waals surface area contributed by atoms with Crippen molar-refractivity contribution >= 4 is 0 Å². The molecule has 0 saturated carbocycles. The van der Waals surface area contributed by atoms with Crippen LogP contribution in [0.2, 0.25) is 0 Å². The number of aryl methyl sites for hydroxylation is 1. The molecule has 0 saturated heterocycles. The van der Waals surface area contributed by atoms with E-state index in [-0.39, 0.29) is 0 Å². The van der Waals surface area contributed by atoms with E-state index in [0.717, 1.165) is 5.56 Å². The van der Waals surface area contributed by atoms with Crippen molar-refractivity contribution in [1.82, 2.24) is 0 Å². The Kier molecular flexibility index (Phi) is 3.08. The molecule has 0 atom stereocenters. The highest BCUT2D eigenvalue weighted by atomic mass is 14.2. The summed E-state index contributed by atoms with van der Waals surface area (Å²) in [5, 5.41) is 8.54. The molecule has 0 unspecified atom stereocenters. The third-order valence-electron chi connectivity index (χ3n) is 2.24. The molecule has 1 aromatic rings. The van der Waals surface area contributed by atoms with Crippen molar-refractivity contribution in [2.75, 3.05) is 0 Å². The van der Waals surface area contributed by atoms with Crippen LogP contribution < -0.4 is 0 Å². The van der Waals surface area contributed by atoms with E-state index in [9.17, 15) is 0 Å². The van der Waals surface area contributed by atoms with E-state index in [0.29, 0.717) is 12.3 Å². The highest BCUT2D eigenvalue weighted by Gasteiger charge is 2.03. The second-order valence-electron chi connectivity index (χ2n) is 3.68. The number of nitriles is 1. The van der Waals surface area contributed by atoms with Crippen molar-refractivity contribution in [2.24, 2.45) is 0 Å². The summed E-state index contributed by atoms with van der Waals surface area (Å²) in [6.07, 6.45) is 0.513. The number of hydrogen-bond donors (Lipinski definition) is 0. The van der Waals surface area contributed by atoms with E-state index in [1.54, 1.807) is 0 Å². The molecule has 1 heteroatoms. The normalized spacial score (nSPS) is 10.1. The second kappa shape index (κ2) is 4.09. The Bertz CT molecular complexity index is 331. The van der Waals surface area contributed by atoms with Gasteiger partial charge in [-0.3, -0.25) is 0 Å². The van der Waals surface area contributed by atoms with Crippen LogP contribution in [0.5, 0.6) is 0 Å². The van der Waals surface area contributed by atoms with Gasteiger partial charge in [0.05, 0.1) is 12.5 Å². The minimum absolute atomic E-state index is 0.513. The van der Waals surface area contributed by atoms with Gasteiger partial charge in [0.15, 0.2) is 0 Å². The molecule has 68 valence electrons. The fraction of sp³-hybridized carbons (Fsp3) is 0.417. The minimum atomic E-state index is 0.513. The first kappa shape index (κ1) is 9.80. The maximum atomic E-state index is 8.54. The molecule has 0 aliphatic carbocycles. The lowest BCUT2D eigenvalue weighted by Gasteiger charge is -2.10. The van der Waals surface area contributed by atoms with Crippen molar-refractivity contribution in [3.63, 3.8) is 0 Å². The van der Waals surface area contributed by atoms with Crippen molar-refractivity contribution < 1.29 is 0 Å². The molecule has 1 aromatic carbocycles. The summed E-state index contributed by atoms with van der Waals surface area (Å²) in [6, 6.07) is 8.45. The minimum Gasteiger partial charge on any atom is -0.198 e. The summed E-state index contributed by atoms with van der Waals surface area (Å²) in [6.45, 7) is 6.48. The van der Waals surface area contributed by atoms with Crippen molar-refractivity contribution in [3.05, 3.63) is 34.9 Å². The van der Waals surface area contributed by atoms with Crippen LogP contribution in [0.3, 0.4) is 0 Å². The van der Waals surface area contributed by atoms with Crippen molar-refractivity contribution in [2.45, 2.75) is 33.1 Å². The third kappa shape index (κ3) is 2.32. The number of nitrogens with zero attached hydrogens (tertiary/aromatic N) is 1. The third-order valence-corrected chi connectivity index (χ3v) is 2.24. The van der Waals surface area contributed by atoms with Crippen LogP contribution in [0.1, 0.15) is 36.5 Å². The van der Waals surface area contributed by atoms with E-state index in [2.05, 4.69) is 39.0 Å². The zero-order chi connectivity index (χ0) is 9.84. The maximum Gasteiger partial charge on any atom is 0.0669 e. The second-order valence-corrected chi connectivity index (χ2v) is 3.68. The van der Waals surface area contributed by atoms with Gasteiger partial charge >= 0.3 is 0 Å². The zero-order valence-electron chi connectivity index (χ0n) is 8.46. The lowest BCUT2D eigenvalue weighted by atomic mass is 9.96. The van der Waals surface area contributed by atoms with Crippen LogP contribution in [0.15, 0.2) is 18.2 Å². The van der Waals surface area contributed by atoms with E-state index >= 15 is 0 Å². The van der Waals surface area contributed by atoms with Crippen LogP contribution in [-0.2, 0) is 6.42 Å². The van der Waals surface area contributed by atoms with E-state index < -0.39 is 0 Å². The van der Waals surface area contributed by atoms with Crippen LogP contribution >= 0.6 is 0 Å². The quantitative estimate of drug-likeness (QED) is 0.673. The van der Waals surface area contributed by atoms with Gasteiger partial charge in [-0.2, -0.15) is 5.26 Å². The number of hydrogen-bond acceptors (Lipinski definition) is 1. The summed E-state index contributed by atoms with van der Waals surface area (Å²) in [4.78, 5) is 0. The van der Waals surface area contributed by atoms with E-state index in [4.69, 9.17) is 5.26 Å². The van der Waals surface area contributed by atoms with Crippen LogP contribution in [0, 0.1) is 18.3 Å². The average molecular weight is 173 g/mol. The fourth-order valence-corrected chi connectivity index (χ4v) is 1.59. The zero-order valence-corrected chi connectivity index (χ0v) is 8.46. The van der Waals surface area contributed by atoms with Gasteiger partial charge in [-0.05, 0) is 29.5 Å². The molecule has 0 heterocycles. The predicted molar refractivity (Wildman–Crippen MR) is 54.6 cm³/mol. The Morgan fingerprint density at radius 2 is 2.08 bits per heavy atom. The summed E-state index contributed by atoms with van der Waals surface area (Å²) < 4.78 is 0. The molecule has 0 N–H and O–H groups in total. The van der Waals surface area contributed by atoms with Crippen molar-refractivity contribution in [3.8, 4) is 6.07 Å². The predicted octanol–water partition coefficient (Wildman–Crippen LogP) is 3.18. The molecule has 0 radical (unpaired) electrons. The Hall–Kier alpha value is -1.29. The van der Waals surface area contributed by atoms with Gasteiger partial charge in [0.25, 0.3) is 0 Å². The van der Waals surface area contributed by atoms with E-state index in [1.807, 2.05) is 6.07 Å². The van der Waals surface area contributed by atoms with Gasteiger partial charge in [0, 0.05) is 0 Å². The average Bonchev–Trinajstić information content (AvgIpc) is 2.04. The molecule has 0 spiro atoms. The van der Waals surface area contributed by atoms with Gasteiger partial charge in [0.2, 0.25) is 0 Å². The molecule has 0 amide bonds. The highest BCUT2D eigenvalue weighted by molar-refractivity contribution is 5.34. The molecule has 0 bridgehead atoms. The first-order valence-electron chi connectivity index (χ1n) is 4.61. The van der Waals surface area contributed by atoms with Gasteiger partial charge < -0.3 is 0 Å². The Morgan fingerprint density at radius 3 is 2.54 bits per heavy atom. The molecule has 0 aliphatic heterocycles. The summed E-state index contributed by atoms with van der Waals surface area (Å²) in [5.74, 6) is 0.566. The van der Waals surface area contributed by atoms with Crippen LogP contribution in [-0.4, -0.2) is 0 Å². The lowest BCUT2D eigenvalue weighted by molar-refractivity contribution is 0.855. The van der Waals surface area contributed by atoms with E-state index in [1.165, 1.54) is 11.1 Å². The van der Waals surface area contributed by atoms with Crippen LogP contribution in [0.25, 0.3) is 0 Å². The van der Waals surface area contributed by atoms with Gasteiger partial charge in [-0.1, -0.05) is 32.0 Å². The fourth-order valence-electron chi connectivity index (χ4n) is 1.59. The summed E-state index contributed by atoms with van der Waals surface area (Å²) >= 11 is 0. The number of rotatable bonds is 2. The molecule has 0 aromatic heterocycles. The van der Waals surface area contributed by atoms with Gasteiger partial charge in [0.1, 0.15) is 0 Å². The number of benzene rings is 1. The smallest absolute Gasteiger partial charge is 0.0669 e. The highest BCUT2D eigenvalue weighted by Crippen LogP contribution is 2.19. The SMILES string of the molecule is Cc1cc(CC#N)ccc1C(C)C. The molecule has 0 fully saturated rings. The Morgan fingerprint density at radius 1 is 1.38 bits per heavy atom. The van der Waals surface area contributed by atoms with Gasteiger partial charge in [-0.25, -0.2) is 0 Å². The summed E-state index contributed by atoms with van der Waals surface area (Å²) in [7, 11) is 0. The van der Waals surface area contributed by atoms with Gasteiger partial charge in [-0.15, -0.1) is 0 Å². The van der Waals surface area contributed by atoms with Crippen LogP contribution in [0.4, 0.5) is 0 Å². The molecular formula is C12H15N. The summed E-state index contributed by atoms with van der Waals surface area (Å²) in [5.41, 5.74) is 3.79. The Labute approximate surface area is 80.0 Å². The molecule has 13 heavy (non-hydrogen) atoms. The van der Waals surface area contributed by atoms with Crippen molar-refractivity contribution in [1.29, 1.82) is 5.26 Å². The molecule has 0 aliphatic rings. The largest absolute Gasteiger partial charge is 0.198 e. The first-order valence-corrected chi connectivity index (χ1v) is 4.61. The maximum absolute atomic E-state index is 8.54. The standard InChI is InChI=1S/C12H15N/c1-9(2)12-5-4-11(6-7-13)8-10(12)3/h4-5,8-9H,6H2,1-3H3. The molecular weight excluding hydrogens is 158 g/mol. The monoisotopic (exact) mass is 173 g/mol. The molecule has 1 nitrogen and oxygen atoms in total. The Balaban J connectivity index is 3.00. The first-order chi connectivity index (χ1) is 6.15. The topological polar surface area (TPSA) is 23.8 Å². The molecule has 1 rings (SSSR count). The lowest BCUT2D eigenvalue weighted by Crippen LogP contribution is -1.93.